The molecule has 0 bridgehead atoms. The largest absolute Gasteiger partial charge is 0.369 e. The van der Waals surface area contributed by atoms with Crippen molar-refractivity contribution in [3.05, 3.63) is 11.4 Å². The van der Waals surface area contributed by atoms with E-state index in [1.807, 2.05) is 0 Å². The van der Waals surface area contributed by atoms with Crippen molar-refractivity contribution >= 4 is 33.3 Å². The van der Waals surface area contributed by atoms with Crippen LogP contribution in [0, 0.1) is 11.8 Å². The number of aromatic nitrogens is 2. The van der Waals surface area contributed by atoms with Crippen LogP contribution in [0.4, 0.5) is 11.8 Å². The zero-order chi connectivity index (χ0) is 13.9. The number of thiophene rings is 1. The normalized spacial score (nSPS) is 22.3. The van der Waals surface area contributed by atoms with Crippen LogP contribution < -0.4 is 10.6 Å². The van der Waals surface area contributed by atoms with Crippen LogP contribution in [0.25, 0.3) is 10.2 Å². The zero-order valence-corrected chi connectivity index (χ0v) is 13.0. The number of hydrogen-bond acceptors (Lipinski definition) is 5. The van der Waals surface area contributed by atoms with E-state index in [9.17, 15) is 0 Å². The summed E-state index contributed by atoms with van der Waals surface area (Å²) in [6.07, 6.45) is 4.05. The molecule has 0 amide bonds. The lowest BCUT2D eigenvalue weighted by molar-refractivity contribution is 0.537. The average Bonchev–Trinajstić information content (AvgIpc) is 3.05. The Hall–Kier alpha value is -1.36. The molecule has 2 N–H and O–H groups in total. The summed E-state index contributed by atoms with van der Waals surface area (Å²) in [6, 6.07) is 2.11. The summed E-state index contributed by atoms with van der Waals surface area (Å²) in [5.41, 5.74) is 0. The molecule has 2 aromatic rings. The molecule has 2 atom stereocenters. The molecule has 3 rings (SSSR count). The molecule has 1 aliphatic carbocycles. The van der Waals surface area contributed by atoms with Gasteiger partial charge in [-0.15, -0.1) is 11.3 Å². The highest BCUT2D eigenvalue weighted by Crippen LogP contribution is 2.31. The van der Waals surface area contributed by atoms with Crippen LogP contribution in [0.15, 0.2) is 11.4 Å². The van der Waals surface area contributed by atoms with Crippen LogP contribution in [0.2, 0.25) is 0 Å². The van der Waals surface area contributed by atoms with Crippen molar-refractivity contribution in [3.63, 3.8) is 0 Å². The Kier molecular flexibility index (Phi) is 4.05. The molecule has 1 fully saturated rings. The third-order valence-corrected chi connectivity index (χ3v) is 4.83. The lowest BCUT2D eigenvalue weighted by Crippen LogP contribution is -2.13. The van der Waals surface area contributed by atoms with Gasteiger partial charge in [0.25, 0.3) is 0 Å². The van der Waals surface area contributed by atoms with Gasteiger partial charge in [0.1, 0.15) is 10.6 Å². The van der Waals surface area contributed by atoms with E-state index in [0.29, 0.717) is 0 Å². The van der Waals surface area contributed by atoms with Crippen LogP contribution in [0.3, 0.4) is 0 Å². The van der Waals surface area contributed by atoms with Crippen molar-refractivity contribution in [2.75, 3.05) is 23.7 Å². The number of hydrogen-bond donors (Lipinski definition) is 2. The third kappa shape index (κ3) is 2.87. The van der Waals surface area contributed by atoms with Crippen molar-refractivity contribution in [2.24, 2.45) is 11.8 Å². The summed E-state index contributed by atoms with van der Waals surface area (Å²) in [6.45, 7) is 6.29. The molecule has 4 nitrogen and oxygen atoms in total. The summed E-state index contributed by atoms with van der Waals surface area (Å²) in [5, 5.41) is 9.98. The first kappa shape index (κ1) is 13.6. The van der Waals surface area contributed by atoms with E-state index in [2.05, 4.69) is 45.9 Å². The van der Waals surface area contributed by atoms with Gasteiger partial charge in [0.05, 0.1) is 5.39 Å². The molecule has 108 valence electrons. The van der Waals surface area contributed by atoms with E-state index in [0.717, 1.165) is 46.9 Å². The predicted molar refractivity (Wildman–Crippen MR) is 86.6 cm³/mol. The van der Waals surface area contributed by atoms with E-state index in [-0.39, 0.29) is 0 Å². The van der Waals surface area contributed by atoms with Crippen molar-refractivity contribution in [3.8, 4) is 0 Å². The molecule has 1 saturated carbocycles. The standard InChI is InChI=1S/C15H22N4S/c1-3-16-15-18-13(12-6-7-20-14(12)19-15)17-9-11-5-4-10(2)8-11/h6-7,10-11H,3-5,8-9H2,1-2H3,(H2,16,17,18,19). The molecule has 0 aromatic carbocycles. The maximum absolute atomic E-state index is 4.62. The summed E-state index contributed by atoms with van der Waals surface area (Å²) in [7, 11) is 0. The summed E-state index contributed by atoms with van der Waals surface area (Å²) < 4.78 is 0. The Balaban J connectivity index is 1.76. The lowest BCUT2D eigenvalue weighted by atomic mass is 10.1. The van der Waals surface area contributed by atoms with Gasteiger partial charge in [0.15, 0.2) is 0 Å². The fraction of sp³-hybridized carbons (Fsp3) is 0.600. The van der Waals surface area contributed by atoms with E-state index >= 15 is 0 Å². The topological polar surface area (TPSA) is 49.8 Å². The molecule has 2 unspecified atom stereocenters. The van der Waals surface area contributed by atoms with Gasteiger partial charge < -0.3 is 10.6 Å². The van der Waals surface area contributed by atoms with Crippen molar-refractivity contribution in [2.45, 2.75) is 33.1 Å². The number of fused-ring (bicyclic) bond motifs is 1. The van der Waals surface area contributed by atoms with Gasteiger partial charge in [-0.2, -0.15) is 4.98 Å². The maximum atomic E-state index is 4.62. The van der Waals surface area contributed by atoms with E-state index < -0.39 is 0 Å². The highest BCUT2D eigenvalue weighted by molar-refractivity contribution is 7.16. The monoisotopic (exact) mass is 290 g/mol. The molecule has 1 aliphatic rings. The molecular formula is C15H22N4S. The first-order valence-electron chi connectivity index (χ1n) is 7.49. The fourth-order valence-corrected chi connectivity index (χ4v) is 3.74. The van der Waals surface area contributed by atoms with Gasteiger partial charge in [-0.1, -0.05) is 13.3 Å². The smallest absolute Gasteiger partial charge is 0.226 e. The Morgan fingerprint density at radius 2 is 2.20 bits per heavy atom. The molecule has 0 spiro atoms. The highest BCUT2D eigenvalue weighted by Gasteiger charge is 2.21. The highest BCUT2D eigenvalue weighted by atomic mass is 32.1. The van der Waals surface area contributed by atoms with Gasteiger partial charge in [0.2, 0.25) is 5.95 Å². The van der Waals surface area contributed by atoms with Gasteiger partial charge in [-0.05, 0) is 43.0 Å². The molecule has 0 radical (unpaired) electrons. The second kappa shape index (κ2) is 5.95. The quantitative estimate of drug-likeness (QED) is 0.874. The first-order valence-corrected chi connectivity index (χ1v) is 8.37. The summed E-state index contributed by atoms with van der Waals surface area (Å²) in [4.78, 5) is 10.2. The minimum Gasteiger partial charge on any atom is -0.369 e. The third-order valence-electron chi connectivity index (χ3n) is 4.02. The minimum absolute atomic E-state index is 0.727. The minimum atomic E-state index is 0.727. The van der Waals surface area contributed by atoms with Gasteiger partial charge in [-0.25, -0.2) is 4.98 Å². The van der Waals surface area contributed by atoms with Crippen molar-refractivity contribution in [1.29, 1.82) is 0 Å². The molecule has 5 heteroatoms. The van der Waals surface area contributed by atoms with E-state index in [1.165, 1.54) is 19.3 Å². The predicted octanol–water partition coefficient (Wildman–Crippen LogP) is 3.97. The Labute approximate surface area is 124 Å². The van der Waals surface area contributed by atoms with Crippen molar-refractivity contribution in [1.82, 2.24) is 9.97 Å². The number of rotatable bonds is 5. The number of anilines is 2. The summed E-state index contributed by atoms with van der Waals surface area (Å²) >= 11 is 1.67. The van der Waals surface area contributed by atoms with E-state index in [4.69, 9.17) is 0 Å². The number of nitrogens with zero attached hydrogens (tertiary/aromatic N) is 2. The average molecular weight is 290 g/mol. The first-order chi connectivity index (χ1) is 9.76. The molecule has 2 heterocycles. The molecule has 0 aliphatic heterocycles. The van der Waals surface area contributed by atoms with Crippen LogP contribution in [0.1, 0.15) is 33.1 Å². The summed E-state index contributed by atoms with van der Waals surface area (Å²) in [5.74, 6) is 3.37. The van der Waals surface area contributed by atoms with E-state index in [1.54, 1.807) is 11.3 Å². The molecule has 0 saturated heterocycles. The van der Waals surface area contributed by atoms with Gasteiger partial charge in [-0.3, -0.25) is 0 Å². The Bertz CT molecular complexity index is 580. The van der Waals surface area contributed by atoms with Crippen molar-refractivity contribution < 1.29 is 0 Å². The molecule has 2 aromatic heterocycles. The molecular weight excluding hydrogens is 268 g/mol. The molecule has 20 heavy (non-hydrogen) atoms. The van der Waals surface area contributed by atoms with Gasteiger partial charge >= 0.3 is 0 Å². The fourth-order valence-electron chi connectivity index (χ4n) is 2.98. The van der Waals surface area contributed by atoms with Crippen LogP contribution >= 0.6 is 11.3 Å². The van der Waals surface area contributed by atoms with Crippen LogP contribution in [-0.2, 0) is 0 Å². The second-order valence-corrected chi connectivity index (χ2v) is 6.63. The second-order valence-electron chi connectivity index (χ2n) is 5.73. The van der Waals surface area contributed by atoms with Crippen LogP contribution in [0.5, 0.6) is 0 Å². The Morgan fingerprint density at radius 1 is 1.30 bits per heavy atom. The number of nitrogens with one attached hydrogen (secondary N) is 2. The maximum Gasteiger partial charge on any atom is 0.226 e. The lowest BCUT2D eigenvalue weighted by Gasteiger charge is -2.13. The Morgan fingerprint density at radius 3 is 2.95 bits per heavy atom. The van der Waals surface area contributed by atoms with Gasteiger partial charge in [0, 0.05) is 13.1 Å². The van der Waals surface area contributed by atoms with Crippen LogP contribution in [-0.4, -0.2) is 23.1 Å². The SMILES string of the molecule is CCNc1nc(NCC2CCC(C)C2)c2ccsc2n1. The zero-order valence-electron chi connectivity index (χ0n) is 12.1.